The molecule has 1 aromatic carbocycles. The van der Waals surface area contributed by atoms with E-state index in [1.54, 1.807) is 18.2 Å². The van der Waals surface area contributed by atoms with Crippen LogP contribution in [0.25, 0.3) is 27.9 Å². The fourth-order valence-corrected chi connectivity index (χ4v) is 5.16. The number of fused-ring (bicyclic) bond motifs is 2. The molecule has 5 heterocycles. The lowest BCUT2D eigenvalue weighted by atomic mass is 9.96. The van der Waals surface area contributed by atoms with E-state index in [1.165, 1.54) is 23.1 Å². The number of ether oxygens (including phenoxy) is 3. The SMILES string of the molecule is O=C(CO)N1CC=C(c2cc(F)c(-c3ccc4[nH]c(O[C@@H]5COC6C5OC[C@H]6O)cc4n3)c(F)c2)CC1. The van der Waals surface area contributed by atoms with Crippen LogP contribution in [0.2, 0.25) is 0 Å². The average molecular weight is 513 g/mol. The second-order valence-corrected chi connectivity index (χ2v) is 9.37. The summed E-state index contributed by atoms with van der Waals surface area (Å²) < 4.78 is 47.5. The quantitative estimate of drug-likeness (QED) is 0.478. The average Bonchev–Trinajstić information content (AvgIpc) is 3.59. The molecular formula is C26H25F2N3O6. The summed E-state index contributed by atoms with van der Waals surface area (Å²) in [4.78, 5) is 20.7. The number of benzene rings is 1. The van der Waals surface area contributed by atoms with Gasteiger partial charge in [-0.2, -0.15) is 0 Å². The number of nitrogens with zero attached hydrogens (tertiary/aromatic N) is 2. The number of aliphatic hydroxyl groups is 2. The third-order valence-corrected chi connectivity index (χ3v) is 7.08. The van der Waals surface area contributed by atoms with Crippen LogP contribution in [0.5, 0.6) is 5.88 Å². The zero-order chi connectivity index (χ0) is 25.7. The first-order chi connectivity index (χ1) is 17.9. The Balaban J connectivity index is 1.22. The Bertz CT molecular complexity index is 1370. The van der Waals surface area contributed by atoms with Gasteiger partial charge in [0.05, 0.1) is 35.5 Å². The lowest BCUT2D eigenvalue weighted by molar-refractivity contribution is -0.133. The number of hydrogen-bond acceptors (Lipinski definition) is 7. The van der Waals surface area contributed by atoms with Gasteiger partial charge in [0.25, 0.3) is 0 Å². The second-order valence-electron chi connectivity index (χ2n) is 9.37. The predicted octanol–water partition coefficient (Wildman–Crippen LogP) is 2.02. The van der Waals surface area contributed by atoms with Crippen molar-refractivity contribution in [2.24, 2.45) is 0 Å². The lowest BCUT2D eigenvalue weighted by Gasteiger charge is -2.26. The minimum absolute atomic E-state index is 0.142. The highest BCUT2D eigenvalue weighted by atomic mass is 19.1. The summed E-state index contributed by atoms with van der Waals surface area (Å²) in [6.45, 7) is 0.545. The molecule has 0 spiro atoms. The van der Waals surface area contributed by atoms with Gasteiger partial charge in [-0.15, -0.1) is 0 Å². The predicted molar refractivity (Wildman–Crippen MR) is 128 cm³/mol. The third kappa shape index (κ3) is 4.37. The highest BCUT2D eigenvalue weighted by Crippen LogP contribution is 2.33. The molecule has 11 heteroatoms. The van der Waals surface area contributed by atoms with Gasteiger partial charge < -0.3 is 34.3 Å². The van der Waals surface area contributed by atoms with Crippen molar-refractivity contribution in [2.45, 2.75) is 30.8 Å². The zero-order valence-corrected chi connectivity index (χ0v) is 19.7. The van der Waals surface area contributed by atoms with Crippen LogP contribution in [0.1, 0.15) is 12.0 Å². The number of rotatable bonds is 5. The zero-order valence-electron chi connectivity index (χ0n) is 19.7. The summed E-state index contributed by atoms with van der Waals surface area (Å²) in [5.74, 6) is -1.45. The van der Waals surface area contributed by atoms with E-state index in [4.69, 9.17) is 19.3 Å². The molecule has 3 aliphatic rings. The number of H-pyrrole nitrogens is 1. The molecule has 194 valence electrons. The Morgan fingerprint density at radius 1 is 1.16 bits per heavy atom. The van der Waals surface area contributed by atoms with E-state index in [9.17, 15) is 9.90 Å². The molecule has 2 saturated heterocycles. The number of aliphatic hydroxyl groups excluding tert-OH is 2. The second kappa shape index (κ2) is 9.49. The number of carbonyl (C=O) groups is 1. The van der Waals surface area contributed by atoms with Crippen LogP contribution in [0.15, 0.2) is 36.4 Å². The molecule has 3 aliphatic heterocycles. The molecule has 2 unspecified atom stereocenters. The molecule has 2 aromatic heterocycles. The normalized spacial score (nSPS) is 25.4. The molecule has 0 saturated carbocycles. The van der Waals surface area contributed by atoms with Crippen molar-refractivity contribution in [2.75, 3.05) is 32.9 Å². The maximum atomic E-state index is 15.2. The van der Waals surface area contributed by atoms with Crippen molar-refractivity contribution >= 4 is 22.5 Å². The van der Waals surface area contributed by atoms with E-state index in [0.29, 0.717) is 35.4 Å². The number of pyridine rings is 1. The van der Waals surface area contributed by atoms with Crippen molar-refractivity contribution in [3.8, 4) is 17.1 Å². The molecule has 4 atom stereocenters. The molecule has 3 N–H and O–H groups in total. The summed E-state index contributed by atoms with van der Waals surface area (Å²) in [5.41, 5.74) is 2.16. The number of carbonyl (C=O) groups excluding carboxylic acids is 1. The fraction of sp³-hybridized carbons (Fsp3) is 0.385. The minimum atomic E-state index is -0.741. The van der Waals surface area contributed by atoms with E-state index < -0.39 is 36.6 Å². The number of hydrogen-bond donors (Lipinski definition) is 3. The van der Waals surface area contributed by atoms with Crippen LogP contribution >= 0.6 is 0 Å². The Morgan fingerprint density at radius 3 is 2.68 bits per heavy atom. The van der Waals surface area contributed by atoms with E-state index in [-0.39, 0.29) is 43.0 Å². The molecule has 0 aliphatic carbocycles. The summed E-state index contributed by atoms with van der Waals surface area (Å²) in [6.07, 6.45) is 0.300. The van der Waals surface area contributed by atoms with Gasteiger partial charge in [0.15, 0.2) is 12.0 Å². The van der Waals surface area contributed by atoms with Crippen molar-refractivity contribution in [3.05, 3.63) is 53.6 Å². The van der Waals surface area contributed by atoms with E-state index >= 15 is 8.78 Å². The molecule has 37 heavy (non-hydrogen) atoms. The van der Waals surface area contributed by atoms with E-state index in [1.807, 2.05) is 0 Å². The summed E-state index contributed by atoms with van der Waals surface area (Å²) in [6, 6.07) is 7.41. The molecule has 0 radical (unpaired) electrons. The molecular weight excluding hydrogens is 488 g/mol. The van der Waals surface area contributed by atoms with Gasteiger partial charge in [0.2, 0.25) is 5.91 Å². The number of aromatic amines is 1. The van der Waals surface area contributed by atoms with Crippen LogP contribution in [-0.2, 0) is 14.3 Å². The van der Waals surface area contributed by atoms with Crippen LogP contribution < -0.4 is 4.74 Å². The van der Waals surface area contributed by atoms with Gasteiger partial charge in [0.1, 0.15) is 36.6 Å². The van der Waals surface area contributed by atoms with Gasteiger partial charge >= 0.3 is 0 Å². The Morgan fingerprint density at radius 2 is 1.95 bits per heavy atom. The maximum absolute atomic E-state index is 15.2. The van der Waals surface area contributed by atoms with Gasteiger partial charge in [-0.1, -0.05) is 6.08 Å². The Labute approximate surface area is 210 Å². The summed E-state index contributed by atoms with van der Waals surface area (Å²) in [5, 5.41) is 18.9. The topological polar surface area (TPSA) is 117 Å². The monoisotopic (exact) mass is 513 g/mol. The van der Waals surface area contributed by atoms with Crippen molar-refractivity contribution in [3.63, 3.8) is 0 Å². The largest absolute Gasteiger partial charge is 0.470 e. The molecule has 9 nitrogen and oxygen atoms in total. The van der Waals surface area contributed by atoms with Crippen LogP contribution in [-0.4, -0.2) is 88.3 Å². The van der Waals surface area contributed by atoms with Crippen molar-refractivity contribution in [1.29, 1.82) is 0 Å². The molecule has 2 fully saturated rings. The number of nitrogens with one attached hydrogen (secondary N) is 1. The van der Waals surface area contributed by atoms with Gasteiger partial charge in [-0.25, -0.2) is 13.8 Å². The van der Waals surface area contributed by atoms with E-state index in [0.717, 1.165) is 5.57 Å². The first kappa shape index (κ1) is 24.0. The highest BCUT2D eigenvalue weighted by molar-refractivity contribution is 5.82. The fourth-order valence-electron chi connectivity index (χ4n) is 5.16. The number of halogens is 2. The van der Waals surface area contributed by atoms with Gasteiger partial charge in [-0.3, -0.25) is 4.79 Å². The standard InChI is InChI=1S/C26H25F2N3O6/c27-15-7-14(13-3-5-31(6-4-13)23(34)10-32)8-16(28)24(15)18-2-1-17-19(29-18)9-22(30-17)37-21-12-36-25-20(33)11-35-26(21)25/h1-3,7-9,20-21,25-26,30,32-33H,4-6,10-12H2/t20-,21-,25?,26?/m1/s1. The molecule has 1 amide bonds. The Kier molecular flexibility index (Phi) is 6.15. The van der Waals surface area contributed by atoms with Crippen LogP contribution in [0.4, 0.5) is 8.78 Å². The lowest BCUT2D eigenvalue weighted by Crippen LogP contribution is -2.36. The first-order valence-electron chi connectivity index (χ1n) is 12.1. The summed E-state index contributed by atoms with van der Waals surface area (Å²) in [7, 11) is 0. The van der Waals surface area contributed by atoms with Gasteiger partial charge in [-0.05, 0) is 41.8 Å². The van der Waals surface area contributed by atoms with Crippen LogP contribution in [0.3, 0.4) is 0 Å². The van der Waals surface area contributed by atoms with Crippen LogP contribution in [0, 0.1) is 11.6 Å². The van der Waals surface area contributed by atoms with Crippen molar-refractivity contribution in [1.82, 2.24) is 14.9 Å². The highest BCUT2D eigenvalue weighted by Gasteiger charge is 2.48. The third-order valence-electron chi connectivity index (χ3n) is 7.08. The molecule has 6 rings (SSSR count). The van der Waals surface area contributed by atoms with Gasteiger partial charge in [0, 0.05) is 19.2 Å². The smallest absolute Gasteiger partial charge is 0.248 e. The Hall–Kier alpha value is -3.38. The number of aromatic nitrogens is 2. The maximum Gasteiger partial charge on any atom is 0.248 e. The number of amides is 1. The minimum Gasteiger partial charge on any atom is -0.470 e. The summed E-state index contributed by atoms with van der Waals surface area (Å²) >= 11 is 0. The molecule has 3 aromatic rings. The first-order valence-corrected chi connectivity index (χ1v) is 12.1. The molecule has 0 bridgehead atoms. The van der Waals surface area contributed by atoms with E-state index in [2.05, 4.69) is 9.97 Å². The van der Waals surface area contributed by atoms with Crippen molar-refractivity contribution < 1.29 is 38.0 Å².